The molecule has 2 N–H and O–H groups in total. The summed E-state index contributed by atoms with van der Waals surface area (Å²) in [4.78, 5) is 8.76. The zero-order valence-corrected chi connectivity index (χ0v) is 15.9. The summed E-state index contributed by atoms with van der Waals surface area (Å²) in [5.74, 6) is 0.680. The van der Waals surface area contributed by atoms with Crippen molar-refractivity contribution in [3.05, 3.63) is 41.1 Å². The van der Waals surface area contributed by atoms with Crippen molar-refractivity contribution in [3.8, 4) is 0 Å². The van der Waals surface area contributed by atoms with Crippen LogP contribution < -0.4 is 10.6 Å². The molecule has 2 aromatic rings. The van der Waals surface area contributed by atoms with Gasteiger partial charge in [-0.15, -0.1) is 0 Å². The summed E-state index contributed by atoms with van der Waals surface area (Å²) in [6, 6.07) is 3.30. The Morgan fingerprint density at radius 1 is 0.833 bits per heavy atom. The van der Waals surface area contributed by atoms with Gasteiger partial charge in [0.05, 0.1) is 22.5 Å². The van der Waals surface area contributed by atoms with Crippen LogP contribution in [0.15, 0.2) is 24.3 Å². The fraction of sp³-hybridized carbons (Fsp3) is 0.500. The van der Waals surface area contributed by atoms with E-state index in [1.807, 2.05) is 0 Å². The maximum absolute atomic E-state index is 13.4. The molecule has 2 aliphatic rings. The Labute approximate surface area is 169 Å². The van der Waals surface area contributed by atoms with Crippen molar-refractivity contribution in [1.29, 1.82) is 0 Å². The Hall–Kier alpha value is -2.52. The molecule has 2 aliphatic carbocycles. The van der Waals surface area contributed by atoms with Crippen LogP contribution in [0.5, 0.6) is 0 Å². The predicted octanol–water partition coefficient (Wildman–Crippen LogP) is 6.49. The molecule has 10 heteroatoms. The molecule has 0 atom stereocenters. The Morgan fingerprint density at radius 2 is 1.53 bits per heavy atom. The normalized spacial score (nSPS) is 17.9. The number of alkyl halides is 6. The summed E-state index contributed by atoms with van der Waals surface area (Å²) in [5.41, 5.74) is -2.52. The van der Waals surface area contributed by atoms with Crippen LogP contribution in [0.3, 0.4) is 0 Å². The van der Waals surface area contributed by atoms with Gasteiger partial charge in [0.2, 0.25) is 5.95 Å². The van der Waals surface area contributed by atoms with Crippen LogP contribution in [0.2, 0.25) is 0 Å². The van der Waals surface area contributed by atoms with E-state index in [4.69, 9.17) is 0 Å². The van der Waals surface area contributed by atoms with Gasteiger partial charge >= 0.3 is 12.4 Å². The van der Waals surface area contributed by atoms with Crippen molar-refractivity contribution in [2.45, 2.75) is 62.8 Å². The van der Waals surface area contributed by atoms with E-state index in [2.05, 4.69) is 20.6 Å². The molecule has 1 heterocycles. The molecule has 1 aromatic carbocycles. The van der Waals surface area contributed by atoms with Crippen LogP contribution >= 0.6 is 0 Å². The number of nitrogens with one attached hydrogen (secondary N) is 2. The highest BCUT2D eigenvalue weighted by atomic mass is 19.4. The fourth-order valence-electron chi connectivity index (χ4n) is 3.64. The standard InChI is InChI=1S/C20H20F6N4/c21-19(22,23)12-7-8-15(14(9-12)20(24,25)26)28-17-10-16(11-5-6-11)29-18(30-17)27-13-3-1-2-4-13/h7-11,13H,1-6H2,(H2,27,28,29,30). The van der Waals surface area contributed by atoms with E-state index < -0.39 is 29.2 Å². The molecule has 4 nitrogen and oxygen atoms in total. The van der Waals surface area contributed by atoms with Gasteiger partial charge in [-0.05, 0) is 43.9 Å². The minimum atomic E-state index is -4.96. The number of hydrogen-bond acceptors (Lipinski definition) is 4. The average molecular weight is 430 g/mol. The molecule has 30 heavy (non-hydrogen) atoms. The lowest BCUT2D eigenvalue weighted by Gasteiger charge is -2.18. The van der Waals surface area contributed by atoms with Crippen LogP contribution in [0, 0.1) is 0 Å². The number of anilines is 3. The molecular weight excluding hydrogens is 410 g/mol. The second kappa shape index (κ2) is 7.63. The highest BCUT2D eigenvalue weighted by molar-refractivity contribution is 5.63. The van der Waals surface area contributed by atoms with Gasteiger partial charge in [0.15, 0.2) is 0 Å². The Kier molecular flexibility index (Phi) is 5.27. The number of nitrogens with zero attached hydrogens (tertiary/aromatic N) is 2. The molecule has 0 radical (unpaired) electrons. The van der Waals surface area contributed by atoms with Gasteiger partial charge < -0.3 is 10.6 Å². The van der Waals surface area contributed by atoms with E-state index in [0.717, 1.165) is 44.6 Å². The molecule has 4 rings (SSSR count). The van der Waals surface area contributed by atoms with E-state index in [9.17, 15) is 26.3 Å². The predicted molar refractivity (Wildman–Crippen MR) is 99.6 cm³/mol. The van der Waals surface area contributed by atoms with Crippen LogP contribution in [-0.4, -0.2) is 16.0 Å². The Morgan fingerprint density at radius 3 is 2.13 bits per heavy atom. The van der Waals surface area contributed by atoms with Crippen molar-refractivity contribution in [3.63, 3.8) is 0 Å². The second-order valence-corrected chi connectivity index (χ2v) is 7.78. The monoisotopic (exact) mass is 430 g/mol. The lowest BCUT2D eigenvalue weighted by atomic mass is 10.1. The number of hydrogen-bond donors (Lipinski definition) is 2. The van der Waals surface area contributed by atoms with Crippen LogP contribution in [0.4, 0.5) is 43.8 Å². The Balaban J connectivity index is 1.66. The van der Waals surface area contributed by atoms with E-state index in [1.165, 1.54) is 0 Å². The number of halogens is 6. The van der Waals surface area contributed by atoms with E-state index in [1.54, 1.807) is 6.07 Å². The molecule has 2 saturated carbocycles. The van der Waals surface area contributed by atoms with Crippen LogP contribution in [0.25, 0.3) is 0 Å². The van der Waals surface area contributed by atoms with Crippen molar-refractivity contribution < 1.29 is 26.3 Å². The second-order valence-electron chi connectivity index (χ2n) is 7.78. The molecule has 0 saturated heterocycles. The maximum atomic E-state index is 13.4. The zero-order valence-electron chi connectivity index (χ0n) is 15.9. The topological polar surface area (TPSA) is 49.8 Å². The lowest BCUT2D eigenvalue weighted by molar-refractivity contribution is -0.142. The fourth-order valence-corrected chi connectivity index (χ4v) is 3.64. The van der Waals surface area contributed by atoms with Gasteiger partial charge in [-0.3, -0.25) is 0 Å². The van der Waals surface area contributed by atoms with Gasteiger partial charge in [-0.2, -0.15) is 31.3 Å². The maximum Gasteiger partial charge on any atom is 0.418 e. The van der Waals surface area contributed by atoms with Crippen molar-refractivity contribution >= 4 is 17.5 Å². The molecule has 0 amide bonds. The van der Waals surface area contributed by atoms with Crippen LogP contribution in [0.1, 0.15) is 61.3 Å². The average Bonchev–Trinajstić information content (AvgIpc) is 3.38. The summed E-state index contributed by atoms with van der Waals surface area (Å²) >= 11 is 0. The molecule has 162 valence electrons. The number of benzene rings is 1. The zero-order chi connectivity index (χ0) is 21.5. The first-order valence-electron chi connectivity index (χ1n) is 9.80. The highest BCUT2D eigenvalue weighted by Crippen LogP contribution is 2.42. The van der Waals surface area contributed by atoms with E-state index >= 15 is 0 Å². The molecule has 0 spiro atoms. The summed E-state index contributed by atoms with van der Waals surface area (Å²) in [5, 5.41) is 5.80. The summed E-state index contributed by atoms with van der Waals surface area (Å²) in [6.45, 7) is 0. The van der Waals surface area contributed by atoms with Crippen molar-refractivity contribution in [2.24, 2.45) is 0 Å². The number of rotatable bonds is 5. The summed E-state index contributed by atoms with van der Waals surface area (Å²) in [6.07, 6.45) is -3.84. The SMILES string of the molecule is FC(F)(F)c1ccc(Nc2cc(C3CC3)nc(NC3CCCC3)n2)c(C(F)(F)F)c1. The van der Waals surface area contributed by atoms with Crippen molar-refractivity contribution in [2.75, 3.05) is 10.6 Å². The third-order valence-electron chi connectivity index (χ3n) is 5.35. The van der Waals surface area contributed by atoms with Crippen molar-refractivity contribution in [1.82, 2.24) is 9.97 Å². The van der Waals surface area contributed by atoms with Crippen LogP contribution in [-0.2, 0) is 12.4 Å². The first-order chi connectivity index (χ1) is 14.1. The highest BCUT2D eigenvalue weighted by Gasteiger charge is 2.38. The third kappa shape index (κ3) is 4.79. The molecule has 2 fully saturated rings. The third-order valence-corrected chi connectivity index (χ3v) is 5.35. The van der Waals surface area contributed by atoms with Gasteiger partial charge in [0, 0.05) is 18.0 Å². The summed E-state index contributed by atoms with van der Waals surface area (Å²) in [7, 11) is 0. The lowest BCUT2D eigenvalue weighted by Crippen LogP contribution is -2.18. The Bertz CT molecular complexity index is 914. The van der Waals surface area contributed by atoms with E-state index in [0.29, 0.717) is 17.7 Å². The molecule has 0 aliphatic heterocycles. The smallest absolute Gasteiger partial charge is 0.351 e. The molecular formula is C20H20F6N4. The molecule has 0 bridgehead atoms. The van der Waals surface area contributed by atoms with Gasteiger partial charge in [0.25, 0.3) is 0 Å². The first-order valence-corrected chi connectivity index (χ1v) is 9.80. The summed E-state index contributed by atoms with van der Waals surface area (Å²) < 4.78 is 79.0. The van der Waals surface area contributed by atoms with Gasteiger partial charge in [-0.25, -0.2) is 4.98 Å². The largest absolute Gasteiger partial charge is 0.418 e. The van der Waals surface area contributed by atoms with Gasteiger partial charge in [-0.1, -0.05) is 12.8 Å². The minimum absolute atomic E-state index is 0.114. The van der Waals surface area contributed by atoms with Gasteiger partial charge in [0.1, 0.15) is 5.82 Å². The number of aromatic nitrogens is 2. The quantitative estimate of drug-likeness (QED) is 0.533. The van der Waals surface area contributed by atoms with E-state index in [-0.39, 0.29) is 23.8 Å². The molecule has 1 aromatic heterocycles. The first kappa shape index (κ1) is 20.7. The minimum Gasteiger partial charge on any atom is -0.351 e. The molecule has 0 unspecified atom stereocenters.